The average Bonchev–Trinajstić information content (AvgIpc) is 2.83. The highest BCUT2D eigenvalue weighted by atomic mass is 16.2. The lowest BCUT2D eigenvalue weighted by atomic mass is 10.3. The number of nitrogens with zero attached hydrogens (tertiary/aromatic N) is 3. The monoisotopic (exact) mass is 280 g/mol. The molecule has 3 aromatic rings. The second-order valence-corrected chi connectivity index (χ2v) is 4.83. The number of hydrogen-bond donors (Lipinski definition) is 1. The lowest BCUT2D eigenvalue weighted by Crippen LogP contribution is -2.30. The van der Waals surface area contributed by atoms with Gasteiger partial charge in [0.2, 0.25) is 11.9 Å². The molecule has 5 heteroatoms. The number of aromatic nitrogens is 2. The summed E-state index contributed by atoms with van der Waals surface area (Å²) >= 11 is 0. The van der Waals surface area contributed by atoms with Gasteiger partial charge < -0.3 is 15.2 Å². The minimum absolute atomic E-state index is 0.0453. The van der Waals surface area contributed by atoms with E-state index in [-0.39, 0.29) is 12.5 Å². The molecule has 1 heterocycles. The number of rotatable bonds is 3. The molecule has 1 aromatic heterocycles. The SMILES string of the molecule is CN(C(=O)Cn1c(N)nc2ccccc21)c1ccccc1. The number of nitrogens with two attached hydrogens (primary N) is 1. The van der Waals surface area contributed by atoms with Gasteiger partial charge in [0, 0.05) is 12.7 Å². The number of anilines is 2. The molecule has 0 spiro atoms. The fourth-order valence-corrected chi connectivity index (χ4v) is 2.30. The summed E-state index contributed by atoms with van der Waals surface area (Å²) in [5.74, 6) is 0.307. The van der Waals surface area contributed by atoms with Crippen LogP contribution in [0.25, 0.3) is 11.0 Å². The Balaban J connectivity index is 1.88. The number of amides is 1. The van der Waals surface area contributed by atoms with Gasteiger partial charge in [0.05, 0.1) is 11.0 Å². The first-order valence-corrected chi connectivity index (χ1v) is 6.69. The van der Waals surface area contributed by atoms with Crippen LogP contribution in [0.5, 0.6) is 0 Å². The number of carbonyl (C=O) groups is 1. The maximum absolute atomic E-state index is 12.4. The van der Waals surface area contributed by atoms with Gasteiger partial charge in [-0.2, -0.15) is 0 Å². The van der Waals surface area contributed by atoms with E-state index in [1.807, 2.05) is 54.6 Å². The van der Waals surface area contributed by atoms with Crippen molar-refractivity contribution >= 4 is 28.6 Å². The van der Waals surface area contributed by atoms with Crippen molar-refractivity contribution < 1.29 is 4.79 Å². The number of likely N-dealkylation sites (N-methyl/N-ethyl adjacent to an activating group) is 1. The van der Waals surface area contributed by atoms with Crippen LogP contribution < -0.4 is 10.6 Å². The summed E-state index contributed by atoms with van der Waals surface area (Å²) in [6, 6.07) is 17.1. The summed E-state index contributed by atoms with van der Waals surface area (Å²) in [5, 5.41) is 0. The van der Waals surface area contributed by atoms with Gasteiger partial charge in [-0.3, -0.25) is 4.79 Å². The first-order chi connectivity index (χ1) is 10.2. The summed E-state index contributed by atoms with van der Waals surface area (Å²) < 4.78 is 1.73. The highest BCUT2D eigenvalue weighted by Gasteiger charge is 2.15. The molecule has 0 aliphatic carbocycles. The molecule has 0 aliphatic heterocycles. The molecule has 21 heavy (non-hydrogen) atoms. The van der Waals surface area contributed by atoms with Gasteiger partial charge >= 0.3 is 0 Å². The van der Waals surface area contributed by atoms with E-state index in [0.29, 0.717) is 5.95 Å². The average molecular weight is 280 g/mol. The van der Waals surface area contributed by atoms with Gasteiger partial charge in [-0.1, -0.05) is 30.3 Å². The largest absolute Gasteiger partial charge is 0.369 e. The Hall–Kier alpha value is -2.82. The molecule has 106 valence electrons. The van der Waals surface area contributed by atoms with Crippen LogP contribution >= 0.6 is 0 Å². The minimum atomic E-state index is -0.0453. The van der Waals surface area contributed by atoms with E-state index in [1.165, 1.54) is 0 Å². The summed E-state index contributed by atoms with van der Waals surface area (Å²) in [7, 11) is 1.76. The third-order valence-corrected chi connectivity index (χ3v) is 3.50. The molecule has 3 rings (SSSR count). The van der Waals surface area contributed by atoms with Gasteiger partial charge in [0.15, 0.2) is 0 Å². The van der Waals surface area contributed by atoms with Gasteiger partial charge in [0.25, 0.3) is 0 Å². The topological polar surface area (TPSA) is 64.2 Å². The molecule has 0 saturated heterocycles. The van der Waals surface area contributed by atoms with E-state index >= 15 is 0 Å². The van der Waals surface area contributed by atoms with Crippen molar-refractivity contribution in [3.05, 3.63) is 54.6 Å². The lowest BCUT2D eigenvalue weighted by Gasteiger charge is -2.18. The molecule has 0 bridgehead atoms. The highest BCUT2D eigenvalue weighted by molar-refractivity contribution is 5.94. The number of para-hydroxylation sites is 3. The van der Waals surface area contributed by atoms with Crippen LogP contribution in [0.2, 0.25) is 0 Å². The van der Waals surface area contributed by atoms with Gasteiger partial charge in [0.1, 0.15) is 6.54 Å². The summed E-state index contributed by atoms with van der Waals surface area (Å²) in [5.41, 5.74) is 8.44. The lowest BCUT2D eigenvalue weighted by molar-refractivity contribution is -0.118. The summed E-state index contributed by atoms with van der Waals surface area (Å²) in [6.07, 6.45) is 0. The van der Waals surface area contributed by atoms with E-state index in [4.69, 9.17) is 5.73 Å². The Bertz CT molecular complexity index is 779. The molecule has 0 saturated carbocycles. The van der Waals surface area contributed by atoms with Crippen molar-refractivity contribution in [3.63, 3.8) is 0 Å². The van der Waals surface area contributed by atoms with Crippen LogP contribution in [-0.4, -0.2) is 22.5 Å². The third-order valence-electron chi connectivity index (χ3n) is 3.50. The Labute approximate surface area is 122 Å². The number of carbonyl (C=O) groups excluding carboxylic acids is 1. The maximum atomic E-state index is 12.4. The normalized spacial score (nSPS) is 10.7. The molecule has 1 amide bonds. The molecule has 0 radical (unpaired) electrons. The molecular weight excluding hydrogens is 264 g/mol. The second-order valence-electron chi connectivity index (χ2n) is 4.83. The van der Waals surface area contributed by atoms with Crippen LogP contribution in [0.3, 0.4) is 0 Å². The molecular formula is C16H16N4O. The molecule has 0 unspecified atom stereocenters. The predicted molar refractivity (Wildman–Crippen MR) is 84.0 cm³/mol. The Morgan fingerprint density at radius 3 is 2.57 bits per heavy atom. The highest BCUT2D eigenvalue weighted by Crippen LogP contribution is 2.18. The first-order valence-electron chi connectivity index (χ1n) is 6.69. The van der Waals surface area contributed by atoms with Gasteiger partial charge in [-0.15, -0.1) is 0 Å². The second kappa shape index (κ2) is 5.28. The number of fused-ring (bicyclic) bond motifs is 1. The van der Waals surface area contributed by atoms with Crippen molar-refractivity contribution in [3.8, 4) is 0 Å². The number of hydrogen-bond acceptors (Lipinski definition) is 3. The maximum Gasteiger partial charge on any atom is 0.246 e. The number of benzene rings is 2. The summed E-state index contributed by atoms with van der Waals surface area (Å²) in [4.78, 5) is 18.3. The van der Waals surface area contributed by atoms with E-state index in [2.05, 4.69) is 4.98 Å². The zero-order valence-corrected chi connectivity index (χ0v) is 11.7. The fourth-order valence-electron chi connectivity index (χ4n) is 2.30. The molecule has 2 N–H and O–H groups in total. The van der Waals surface area contributed by atoms with E-state index in [1.54, 1.807) is 16.5 Å². The van der Waals surface area contributed by atoms with Crippen LogP contribution in [0, 0.1) is 0 Å². The van der Waals surface area contributed by atoms with Crippen LogP contribution in [0.1, 0.15) is 0 Å². The summed E-state index contributed by atoms with van der Waals surface area (Å²) in [6.45, 7) is 0.164. The smallest absolute Gasteiger partial charge is 0.246 e. The van der Waals surface area contributed by atoms with Gasteiger partial charge in [-0.05, 0) is 24.3 Å². The number of imidazole rings is 1. The molecule has 0 atom stereocenters. The van der Waals surface area contributed by atoms with Crippen molar-refractivity contribution in [1.29, 1.82) is 0 Å². The third kappa shape index (κ3) is 2.45. The zero-order valence-electron chi connectivity index (χ0n) is 11.7. The van der Waals surface area contributed by atoms with Crippen molar-refractivity contribution in [2.75, 3.05) is 17.7 Å². The van der Waals surface area contributed by atoms with Crippen LogP contribution in [0.15, 0.2) is 54.6 Å². The quantitative estimate of drug-likeness (QED) is 0.800. The number of nitrogen functional groups attached to an aromatic ring is 1. The van der Waals surface area contributed by atoms with E-state index in [9.17, 15) is 4.79 Å². The van der Waals surface area contributed by atoms with E-state index < -0.39 is 0 Å². The molecule has 5 nitrogen and oxygen atoms in total. The van der Waals surface area contributed by atoms with Crippen molar-refractivity contribution in [2.24, 2.45) is 0 Å². The van der Waals surface area contributed by atoms with Crippen molar-refractivity contribution in [2.45, 2.75) is 6.54 Å². The fraction of sp³-hybridized carbons (Fsp3) is 0.125. The van der Waals surface area contributed by atoms with E-state index in [0.717, 1.165) is 16.7 Å². The Morgan fingerprint density at radius 1 is 1.14 bits per heavy atom. The molecule has 2 aromatic carbocycles. The Kier molecular flexibility index (Phi) is 3.31. The minimum Gasteiger partial charge on any atom is -0.369 e. The standard InChI is InChI=1S/C16H16N4O/c1-19(12-7-3-2-4-8-12)15(21)11-20-14-10-6-5-9-13(14)18-16(20)17/h2-10H,11H2,1H3,(H2,17,18). The molecule has 0 fully saturated rings. The predicted octanol–water partition coefficient (Wildman–Crippen LogP) is 2.28. The van der Waals surface area contributed by atoms with Crippen molar-refractivity contribution in [1.82, 2.24) is 9.55 Å². The van der Waals surface area contributed by atoms with Gasteiger partial charge in [-0.25, -0.2) is 4.98 Å². The van der Waals surface area contributed by atoms with Crippen LogP contribution in [0.4, 0.5) is 11.6 Å². The zero-order chi connectivity index (χ0) is 14.8. The van der Waals surface area contributed by atoms with Crippen LogP contribution in [-0.2, 0) is 11.3 Å². The first kappa shape index (κ1) is 13.2. The molecule has 0 aliphatic rings. The Morgan fingerprint density at radius 2 is 1.81 bits per heavy atom.